The van der Waals surface area contributed by atoms with E-state index in [1.165, 1.54) is 6.07 Å². The van der Waals surface area contributed by atoms with Crippen LogP contribution in [0, 0.1) is 12.7 Å². The van der Waals surface area contributed by atoms with Gasteiger partial charge in [0.25, 0.3) is 0 Å². The van der Waals surface area contributed by atoms with E-state index in [1.54, 1.807) is 19.1 Å². The van der Waals surface area contributed by atoms with Crippen molar-refractivity contribution in [3.63, 3.8) is 0 Å². The first kappa shape index (κ1) is 11.9. The van der Waals surface area contributed by atoms with Gasteiger partial charge in [-0.1, -0.05) is 6.07 Å². The van der Waals surface area contributed by atoms with Crippen LogP contribution < -0.4 is 10.6 Å². The normalized spacial score (nSPS) is 19.1. The molecule has 1 atom stereocenters. The highest BCUT2D eigenvalue weighted by atomic mass is 19.1. The highest BCUT2D eigenvalue weighted by molar-refractivity contribution is 5.90. The van der Waals surface area contributed by atoms with Crippen LogP contribution in [0.5, 0.6) is 0 Å². The van der Waals surface area contributed by atoms with Gasteiger partial charge in [-0.05, 0) is 25.5 Å². The maximum Gasteiger partial charge on any atom is 0.319 e. The maximum atomic E-state index is 13.2. The largest absolute Gasteiger partial charge is 0.379 e. The number of hydrogen-bond acceptors (Lipinski definition) is 2. The molecular weight excluding hydrogens is 223 g/mol. The Balaban J connectivity index is 1.95. The zero-order valence-electron chi connectivity index (χ0n) is 9.63. The Morgan fingerprint density at radius 2 is 2.35 bits per heavy atom. The summed E-state index contributed by atoms with van der Waals surface area (Å²) < 4.78 is 18.4. The van der Waals surface area contributed by atoms with E-state index in [2.05, 4.69) is 10.6 Å². The molecule has 1 heterocycles. The summed E-state index contributed by atoms with van der Waals surface area (Å²) in [4.78, 5) is 11.6. The number of carbonyl (C=O) groups is 1. The van der Waals surface area contributed by atoms with Gasteiger partial charge < -0.3 is 15.4 Å². The maximum absolute atomic E-state index is 13.2. The number of rotatable bonds is 2. The summed E-state index contributed by atoms with van der Waals surface area (Å²) in [7, 11) is 0. The summed E-state index contributed by atoms with van der Waals surface area (Å²) in [6, 6.07) is 4.32. The Hall–Kier alpha value is -1.62. The van der Waals surface area contributed by atoms with Gasteiger partial charge in [-0.25, -0.2) is 9.18 Å². The number of urea groups is 1. The van der Waals surface area contributed by atoms with E-state index < -0.39 is 0 Å². The summed E-state index contributed by atoms with van der Waals surface area (Å²) >= 11 is 0. The standard InChI is InChI=1S/C12H15FN2O2/c1-8-10(13)3-2-4-11(8)15-12(16)14-9-5-6-17-7-9/h2-4,9H,5-7H2,1H3,(H2,14,15,16). The lowest BCUT2D eigenvalue weighted by Gasteiger charge is -2.13. The minimum absolute atomic E-state index is 0.0452. The van der Waals surface area contributed by atoms with Crippen molar-refractivity contribution in [2.45, 2.75) is 19.4 Å². The Kier molecular flexibility index (Phi) is 3.58. The van der Waals surface area contributed by atoms with Crippen molar-refractivity contribution >= 4 is 11.7 Å². The van der Waals surface area contributed by atoms with Gasteiger partial charge >= 0.3 is 6.03 Å². The molecule has 2 amide bonds. The lowest BCUT2D eigenvalue weighted by molar-refractivity contribution is 0.189. The van der Waals surface area contributed by atoms with Gasteiger partial charge in [0.15, 0.2) is 0 Å². The second-order valence-electron chi connectivity index (χ2n) is 4.07. The number of halogens is 1. The first-order chi connectivity index (χ1) is 8.16. The molecule has 0 radical (unpaired) electrons. The summed E-state index contributed by atoms with van der Waals surface area (Å²) in [6.45, 7) is 2.84. The molecule has 5 heteroatoms. The number of ether oxygens (including phenoxy) is 1. The van der Waals surface area contributed by atoms with Crippen LogP contribution in [0.25, 0.3) is 0 Å². The van der Waals surface area contributed by atoms with Crippen LogP contribution in [0.4, 0.5) is 14.9 Å². The predicted molar refractivity (Wildman–Crippen MR) is 62.5 cm³/mol. The van der Waals surface area contributed by atoms with Crippen molar-refractivity contribution in [1.29, 1.82) is 0 Å². The summed E-state index contributed by atoms with van der Waals surface area (Å²) in [5, 5.41) is 5.41. The van der Waals surface area contributed by atoms with Crippen LogP contribution in [0.2, 0.25) is 0 Å². The molecular formula is C12H15FN2O2. The SMILES string of the molecule is Cc1c(F)cccc1NC(=O)NC1CCOC1. The van der Waals surface area contributed by atoms with E-state index in [0.717, 1.165) is 6.42 Å². The van der Waals surface area contributed by atoms with Gasteiger partial charge in [0.2, 0.25) is 0 Å². The van der Waals surface area contributed by atoms with Crippen molar-refractivity contribution in [2.24, 2.45) is 0 Å². The van der Waals surface area contributed by atoms with Crippen LogP contribution in [0.15, 0.2) is 18.2 Å². The lowest BCUT2D eigenvalue weighted by Crippen LogP contribution is -2.38. The zero-order chi connectivity index (χ0) is 12.3. The van der Waals surface area contributed by atoms with Crippen molar-refractivity contribution in [3.8, 4) is 0 Å². The van der Waals surface area contributed by atoms with Crippen molar-refractivity contribution < 1.29 is 13.9 Å². The molecule has 2 N–H and O–H groups in total. The molecule has 1 aromatic rings. The fraction of sp³-hybridized carbons (Fsp3) is 0.417. The third-order valence-corrected chi connectivity index (χ3v) is 2.78. The Morgan fingerprint density at radius 1 is 1.53 bits per heavy atom. The molecule has 1 aromatic carbocycles. The number of benzene rings is 1. The number of anilines is 1. The predicted octanol–water partition coefficient (Wildman–Crippen LogP) is 2.04. The Bertz CT molecular complexity index is 417. The molecule has 2 rings (SSSR count). The summed E-state index contributed by atoms with van der Waals surface area (Å²) in [6.07, 6.45) is 0.815. The fourth-order valence-corrected chi connectivity index (χ4v) is 1.74. The molecule has 1 fully saturated rings. The fourth-order valence-electron chi connectivity index (χ4n) is 1.74. The Labute approximate surface area is 99.2 Å². The highest BCUT2D eigenvalue weighted by Gasteiger charge is 2.18. The third-order valence-electron chi connectivity index (χ3n) is 2.78. The smallest absolute Gasteiger partial charge is 0.319 e. The monoisotopic (exact) mass is 238 g/mol. The molecule has 92 valence electrons. The van der Waals surface area contributed by atoms with E-state index in [0.29, 0.717) is 24.5 Å². The molecule has 1 unspecified atom stereocenters. The molecule has 4 nitrogen and oxygen atoms in total. The van der Waals surface area contributed by atoms with Gasteiger partial charge in [-0.15, -0.1) is 0 Å². The highest BCUT2D eigenvalue weighted by Crippen LogP contribution is 2.17. The third kappa shape index (κ3) is 2.94. The van der Waals surface area contributed by atoms with E-state index in [4.69, 9.17) is 4.74 Å². The number of nitrogens with one attached hydrogen (secondary N) is 2. The molecule has 1 aliphatic heterocycles. The molecule has 17 heavy (non-hydrogen) atoms. The van der Waals surface area contributed by atoms with Crippen LogP contribution in [0.3, 0.4) is 0 Å². The first-order valence-corrected chi connectivity index (χ1v) is 5.57. The van der Waals surface area contributed by atoms with Gasteiger partial charge in [0.1, 0.15) is 5.82 Å². The van der Waals surface area contributed by atoms with Crippen molar-refractivity contribution in [2.75, 3.05) is 18.5 Å². The molecule has 1 saturated heterocycles. The minimum atomic E-state index is -0.327. The minimum Gasteiger partial charge on any atom is -0.379 e. The molecule has 0 aromatic heterocycles. The molecule has 0 saturated carbocycles. The van der Waals surface area contributed by atoms with Crippen LogP contribution in [-0.2, 0) is 4.74 Å². The average molecular weight is 238 g/mol. The number of amides is 2. The van der Waals surface area contributed by atoms with Gasteiger partial charge in [0.05, 0.1) is 12.6 Å². The summed E-state index contributed by atoms with van der Waals surface area (Å²) in [5.74, 6) is -0.327. The van der Waals surface area contributed by atoms with Gasteiger partial charge in [-0.3, -0.25) is 0 Å². The second-order valence-corrected chi connectivity index (χ2v) is 4.07. The Morgan fingerprint density at radius 3 is 3.06 bits per heavy atom. The number of carbonyl (C=O) groups excluding carboxylic acids is 1. The van der Waals surface area contributed by atoms with Gasteiger partial charge in [0, 0.05) is 17.9 Å². The average Bonchev–Trinajstić information content (AvgIpc) is 2.77. The van der Waals surface area contributed by atoms with E-state index in [1.807, 2.05) is 0 Å². The van der Waals surface area contributed by atoms with E-state index in [9.17, 15) is 9.18 Å². The molecule has 0 bridgehead atoms. The molecule has 0 spiro atoms. The number of hydrogen-bond donors (Lipinski definition) is 2. The van der Waals surface area contributed by atoms with E-state index in [-0.39, 0.29) is 17.9 Å². The molecule has 1 aliphatic rings. The van der Waals surface area contributed by atoms with Gasteiger partial charge in [-0.2, -0.15) is 0 Å². The topological polar surface area (TPSA) is 50.4 Å². The van der Waals surface area contributed by atoms with E-state index >= 15 is 0 Å². The second kappa shape index (κ2) is 5.14. The lowest BCUT2D eigenvalue weighted by atomic mass is 10.2. The van der Waals surface area contributed by atoms with Crippen LogP contribution in [-0.4, -0.2) is 25.3 Å². The van der Waals surface area contributed by atoms with Crippen molar-refractivity contribution in [3.05, 3.63) is 29.6 Å². The quantitative estimate of drug-likeness (QED) is 0.828. The van der Waals surface area contributed by atoms with Crippen molar-refractivity contribution in [1.82, 2.24) is 5.32 Å². The van der Waals surface area contributed by atoms with Crippen LogP contribution in [0.1, 0.15) is 12.0 Å². The van der Waals surface area contributed by atoms with Crippen LogP contribution >= 0.6 is 0 Å². The zero-order valence-corrected chi connectivity index (χ0v) is 9.63. The molecule has 0 aliphatic carbocycles. The first-order valence-electron chi connectivity index (χ1n) is 5.57. The summed E-state index contributed by atoms with van der Waals surface area (Å²) in [5.41, 5.74) is 0.923.